The number of aromatic nitrogens is 3. The van der Waals surface area contributed by atoms with Gasteiger partial charge in [0.05, 0.1) is 5.39 Å². The second-order valence-corrected chi connectivity index (χ2v) is 5.11. The van der Waals surface area contributed by atoms with Crippen LogP contribution in [0.15, 0.2) is 10.9 Å². The first-order valence-corrected chi connectivity index (χ1v) is 7.14. The molecular formula is C14H17F3N4O2. The van der Waals surface area contributed by atoms with Crippen LogP contribution in [0.3, 0.4) is 0 Å². The Hall–Kier alpha value is -2.32. The number of halogens is 3. The highest BCUT2D eigenvalue weighted by Gasteiger charge is 2.38. The summed E-state index contributed by atoms with van der Waals surface area (Å²) in [7, 11) is 0. The molecule has 2 aromatic rings. The molecule has 0 radical (unpaired) electrons. The van der Waals surface area contributed by atoms with Gasteiger partial charge in [-0.2, -0.15) is 13.2 Å². The van der Waals surface area contributed by atoms with Gasteiger partial charge in [0, 0.05) is 18.8 Å². The van der Waals surface area contributed by atoms with E-state index in [1.807, 2.05) is 0 Å². The fourth-order valence-electron chi connectivity index (χ4n) is 2.41. The minimum absolute atomic E-state index is 0.0304. The lowest BCUT2D eigenvalue weighted by Crippen LogP contribution is -2.39. The molecule has 9 heteroatoms. The zero-order valence-corrected chi connectivity index (χ0v) is 13.0. The second-order valence-electron chi connectivity index (χ2n) is 5.11. The third-order valence-corrected chi connectivity index (χ3v) is 3.54. The molecular weight excluding hydrogens is 313 g/mol. The molecule has 2 aromatic heterocycles. The maximum atomic E-state index is 13.2. The Balaban J connectivity index is 2.62. The standard InChI is InChI=1S/C14H17F3N4O2/c1-4-20(5-2)10(22)7-21-12(23)9-6-8(3)18-11(9)19-13(21)14(15,16)17/h6,18H,4-5,7H2,1-3H3. The van der Waals surface area contributed by atoms with E-state index < -0.39 is 30.0 Å². The van der Waals surface area contributed by atoms with Gasteiger partial charge in [0.25, 0.3) is 5.56 Å². The quantitative estimate of drug-likeness (QED) is 0.931. The van der Waals surface area contributed by atoms with Crippen molar-refractivity contribution < 1.29 is 18.0 Å². The highest BCUT2D eigenvalue weighted by Crippen LogP contribution is 2.28. The Bertz CT molecular complexity index is 788. The van der Waals surface area contributed by atoms with Gasteiger partial charge in [0.1, 0.15) is 12.2 Å². The number of aryl methyl sites for hydroxylation is 1. The molecule has 0 bridgehead atoms. The first-order chi connectivity index (χ1) is 10.7. The van der Waals surface area contributed by atoms with Crippen LogP contribution in [0.1, 0.15) is 25.4 Å². The summed E-state index contributed by atoms with van der Waals surface area (Å²) in [5, 5.41) is 0.0304. The molecule has 0 spiro atoms. The molecule has 0 fully saturated rings. The number of fused-ring (bicyclic) bond motifs is 1. The summed E-state index contributed by atoms with van der Waals surface area (Å²) < 4.78 is 40.1. The highest BCUT2D eigenvalue weighted by atomic mass is 19.4. The van der Waals surface area contributed by atoms with Crippen molar-refractivity contribution in [2.24, 2.45) is 0 Å². The Morgan fingerprint density at radius 1 is 1.35 bits per heavy atom. The van der Waals surface area contributed by atoms with Crippen molar-refractivity contribution >= 4 is 16.9 Å². The summed E-state index contributed by atoms with van der Waals surface area (Å²) >= 11 is 0. The number of alkyl halides is 3. The molecule has 2 rings (SSSR count). The lowest BCUT2D eigenvalue weighted by molar-refractivity contribution is -0.149. The molecule has 2 heterocycles. The van der Waals surface area contributed by atoms with E-state index in [2.05, 4.69) is 9.97 Å². The van der Waals surface area contributed by atoms with Crippen molar-refractivity contribution in [2.45, 2.75) is 33.5 Å². The van der Waals surface area contributed by atoms with E-state index in [1.165, 1.54) is 11.0 Å². The van der Waals surface area contributed by atoms with Crippen LogP contribution in [0.25, 0.3) is 11.0 Å². The van der Waals surface area contributed by atoms with E-state index in [0.717, 1.165) is 0 Å². The van der Waals surface area contributed by atoms with Crippen LogP contribution in [0.2, 0.25) is 0 Å². The van der Waals surface area contributed by atoms with Gasteiger partial charge in [-0.1, -0.05) is 0 Å². The lowest BCUT2D eigenvalue weighted by atomic mass is 10.3. The number of carbonyl (C=O) groups excluding carboxylic acids is 1. The average molecular weight is 330 g/mol. The van der Waals surface area contributed by atoms with Gasteiger partial charge in [0.2, 0.25) is 11.7 Å². The number of aromatic amines is 1. The zero-order valence-electron chi connectivity index (χ0n) is 13.0. The molecule has 0 aliphatic carbocycles. The van der Waals surface area contributed by atoms with E-state index in [4.69, 9.17) is 0 Å². The lowest BCUT2D eigenvalue weighted by Gasteiger charge is -2.20. The fraction of sp³-hybridized carbons (Fsp3) is 0.500. The van der Waals surface area contributed by atoms with E-state index in [0.29, 0.717) is 23.4 Å². The van der Waals surface area contributed by atoms with Gasteiger partial charge in [-0.25, -0.2) is 4.98 Å². The maximum Gasteiger partial charge on any atom is 0.449 e. The van der Waals surface area contributed by atoms with Crippen LogP contribution in [0.5, 0.6) is 0 Å². The first kappa shape index (κ1) is 17.0. The predicted octanol–water partition coefficient (Wildman–Crippen LogP) is 1.92. The molecule has 1 N–H and O–H groups in total. The summed E-state index contributed by atoms with van der Waals surface area (Å²) in [5.74, 6) is -1.94. The molecule has 0 saturated heterocycles. The van der Waals surface area contributed by atoms with Crippen molar-refractivity contribution in [3.63, 3.8) is 0 Å². The van der Waals surface area contributed by atoms with Crippen molar-refractivity contribution in [1.29, 1.82) is 0 Å². The summed E-state index contributed by atoms with van der Waals surface area (Å²) in [6, 6.07) is 1.42. The van der Waals surface area contributed by atoms with Crippen molar-refractivity contribution in [3.05, 3.63) is 27.9 Å². The molecule has 0 aromatic carbocycles. The monoisotopic (exact) mass is 330 g/mol. The van der Waals surface area contributed by atoms with Gasteiger partial charge in [-0.05, 0) is 26.8 Å². The number of hydrogen-bond acceptors (Lipinski definition) is 3. The number of hydrogen-bond donors (Lipinski definition) is 1. The van der Waals surface area contributed by atoms with Crippen LogP contribution in [0, 0.1) is 6.92 Å². The van der Waals surface area contributed by atoms with Gasteiger partial charge in [0.15, 0.2) is 0 Å². The normalized spacial score (nSPS) is 11.9. The van der Waals surface area contributed by atoms with Crippen LogP contribution < -0.4 is 5.56 Å². The van der Waals surface area contributed by atoms with E-state index in [1.54, 1.807) is 20.8 Å². The number of nitrogens with one attached hydrogen (secondary N) is 1. The zero-order chi connectivity index (χ0) is 17.4. The molecule has 0 atom stereocenters. The molecule has 23 heavy (non-hydrogen) atoms. The van der Waals surface area contributed by atoms with Crippen LogP contribution in [0.4, 0.5) is 13.2 Å². The van der Waals surface area contributed by atoms with Crippen LogP contribution >= 0.6 is 0 Å². The summed E-state index contributed by atoms with van der Waals surface area (Å²) in [6.45, 7) is 5.05. The van der Waals surface area contributed by atoms with E-state index in [9.17, 15) is 22.8 Å². The Kier molecular flexibility index (Phi) is 4.49. The Morgan fingerprint density at radius 3 is 2.48 bits per heavy atom. The number of carbonyl (C=O) groups is 1. The average Bonchev–Trinajstić information content (AvgIpc) is 2.83. The minimum Gasteiger partial charge on any atom is -0.343 e. The van der Waals surface area contributed by atoms with E-state index >= 15 is 0 Å². The maximum absolute atomic E-state index is 13.2. The fourth-order valence-corrected chi connectivity index (χ4v) is 2.41. The van der Waals surface area contributed by atoms with Crippen molar-refractivity contribution in [3.8, 4) is 0 Å². The Morgan fingerprint density at radius 2 is 1.96 bits per heavy atom. The van der Waals surface area contributed by atoms with Gasteiger partial charge < -0.3 is 9.88 Å². The molecule has 0 unspecified atom stereocenters. The SMILES string of the molecule is CCN(CC)C(=O)Cn1c(C(F)(F)F)nc2[nH]c(C)cc2c1=O. The van der Waals surface area contributed by atoms with Crippen LogP contribution in [-0.4, -0.2) is 38.4 Å². The molecule has 0 saturated carbocycles. The minimum atomic E-state index is -4.84. The molecule has 6 nitrogen and oxygen atoms in total. The van der Waals surface area contributed by atoms with Gasteiger partial charge in [-0.3, -0.25) is 14.2 Å². The molecule has 0 aliphatic heterocycles. The van der Waals surface area contributed by atoms with Crippen molar-refractivity contribution in [2.75, 3.05) is 13.1 Å². The molecule has 126 valence electrons. The number of likely N-dealkylation sites (N-methyl/N-ethyl adjacent to an activating group) is 1. The van der Waals surface area contributed by atoms with Gasteiger partial charge >= 0.3 is 6.18 Å². The number of rotatable bonds is 4. The summed E-state index contributed by atoms with van der Waals surface area (Å²) in [4.78, 5) is 32.0. The molecule has 0 aliphatic rings. The Labute approximate surface area is 129 Å². The topological polar surface area (TPSA) is 71.0 Å². The largest absolute Gasteiger partial charge is 0.449 e. The highest BCUT2D eigenvalue weighted by molar-refractivity contribution is 5.78. The van der Waals surface area contributed by atoms with Crippen LogP contribution in [-0.2, 0) is 17.5 Å². The number of H-pyrrole nitrogens is 1. The predicted molar refractivity (Wildman–Crippen MR) is 78.0 cm³/mol. The third-order valence-electron chi connectivity index (χ3n) is 3.54. The summed E-state index contributed by atoms with van der Waals surface area (Å²) in [6.07, 6.45) is -4.84. The van der Waals surface area contributed by atoms with Gasteiger partial charge in [-0.15, -0.1) is 0 Å². The summed E-state index contributed by atoms with van der Waals surface area (Å²) in [5.41, 5.74) is -0.496. The third kappa shape index (κ3) is 3.22. The second kappa shape index (κ2) is 6.05. The number of nitrogens with zero attached hydrogens (tertiary/aromatic N) is 3. The smallest absolute Gasteiger partial charge is 0.343 e. The molecule has 1 amide bonds. The van der Waals surface area contributed by atoms with E-state index in [-0.39, 0.29) is 11.0 Å². The van der Waals surface area contributed by atoms with Crippen molar-refractivity contribution in [1.82, 2.24) is 19.4 Å². The first-order valence-electron chi connectivity index (χ1n) is 7.14. The number of amides is 1.